The van der Waals surface area contributed by atoms with Crippen LogP contribution in [0.2, 0.25) is 0 Å². The number of piperidine rings is 1. The number of rotatable bonds is 2. The van der Waals surface area contributed by atoms with Crippen LogP contribution in [0, 0.1) is 0 Å². The number of carbonyl (C=O) groups is 1. The first kappa shape index (κ1) is 10.9. The van der Waals surface area contributed by atoms with E-state index in [0.29, 0.717) is 12.7 Å². The number of hydrogen-bond acceptors (Lipinski definition) is 3. The SMILES string of the molecule is CCC(C)N1CCC2(CC1)NCNC2=O. The van der Waals surface area contributed by atoms with Crippen molar-refractivity contribution in [1.82, 2.24) is 15.5 Å². The normalized spacial score (nSPS) is 28.0. The van der Waals surface area contributed by atoms with E-state index in [1.807, 2.05) is 0 Å². The molecule has 2 saturated heterocycles. The summed E-state index contributed by atoms with van der Waals surface area (Å²) in [5.74, 6) is 0.200. The Morgan fingerprint density at radius 3 is 2.60 bits per heavy atom. The van der Waals surface area contributed by atoms with Gasteiger partial charge in [0.15, 0.2) is 0 Å². The molecule has 15 heavy (non-hydrogen) atoms. The molecule has 1 unspecified atom stereocenters. The molecule has 0 aromatic heterocycles. The van der Waals surface area contributed by atoms with E-state index in [-0.39, 0.29) is 11.4 Å². The Morgan fingerprint density at radius 2 is 2.13 bits per heavy atom. The Balaban J connectivity index is 1.94. The van der Waals surface area contributed by atoms with Crippen molar-refractivity contribution in [3.05, 3.63) is 0 Å². The summed E-state index contributed by atoms with van der Waals surface area (Å²) in [5, 5.41) is 6.18. The van der Waals surface area contributed by atoms with Gasteiger partial charge in [-0.2, -0.15) is 0 Å². The number of likely N-dealkylation sites (tertiary alicyclic amines) is 1. The van der Waals surface area contributed by atoms with Crippen LogP contribution in [0.5, 0.6) is 0 Å². The van der Waals surface area contributed by atoms with Gasteiger partial charge in [-0.1, -0.05) is 6.92 Å². The second-order valence-electron chi connectivity index (χ2n) is 4.73. The molecular formula is C11H21N3O. The van der Waals surface area contributed by atoms with Gasteiger partial charge in [-0.25, -0.2) is 0 Å². The van der Waals surface area contributed by atoms with Crippen molar-refractivity contribution in [2.75, 3.05) is 19.8 Å². The van der Waals surface area contributed by atoms with E-state index >= 15 is 0 Å². The van der Waals surface area contributed by atoms with Crippen molar-refractivity contribution < 1.29 is 4.79 Å². The molecule has 1 amide bonds. The zero-order valence-corrected chi connectivity index (χ0v) is 9.68. The standard InChI is InChI=1S/C11H21N3O/c1-3-9(2)14-6-4-11(5-7-14)10(15)12-8-13-11/h9,13H,3-8H2,1-2H3,(H,12,15). The molecule has 0 aliphatic carbocycles. The third kappa shape index (κ3) is 1.88. The van der Waals surface area contributed by atoms with E-state index in [0.717, 1.165) is 25.9 Å². The smallest absolute Gasteiger partial charge is 0.241 e. The van der Waals surface area contributed by atoms with E-state index in [1.165, 1.54) is 6.42 Å². The van der Waals surface area contributed by atoms with Gasteiger partial charge in [-0.3, -0.25) is 10.1 Å². The van der Waals surface area contributed by atoms with Crippen LogP contribution in [-0.4, -0.2) is 42.1 Å². The zero-order valence-electron chi connectivity index (χ0n) is 9.68. The van der Waals surface area contributed by atoms with Gasteiger partial charge in [0.1, 0.15) is 5.54 Å². The highest BCUT2D eigenvalue weighted by Gasteiger charge is 2.44. The summed E-state index contributed by atoms with van der Waals surface area (Å²) in [6.07, 6.45) is 3.08. The molecule has 2 aliphatic rings. The fraction of sp³-hybridized carbons (Fsp3) is 0.909. The molecule has 0 saturated carbocycles. The highest BCUT2D eigenvalue weighted by Crippen LogP contribution is 2.26. The molecule has 4 nitrogen and oxygen atoms in total. The first-order chi connectivity index (χ1) is 7.18. The quantitative estimate of drug-likeness (QED) is 0.690. The van der Waals surface area contributed by atoms with Gasteiger partial charge in [0.2, 0.25) is 5.91 Å². The molecule has 2 N–H and O–H groups in total. The molecule has 1 spiro atoms. The summed E-state index contributed by atoms with van der Waals surface area (Å²) in [7, 11) is 0. The number of carbonyl (C=O) groups excluding carboxylic acids is 1. The Hall–Kier alpha value is -0.610. The topological polar surface area (TPSA) is 44.4 Å². The average Bonchev–Trinajstić information content (AvgIpc) is 2.61. The summed E-state index contributed by atoms with van der Waals surface area (Å²) < 4.78 is 0. The molecule has 2 aliphatic heterocycles. The second kappa shape index (κ2) is 4.10. The Labute approximate surface area is 91.4 Å². The van der Waals surface area contributed by atoms with Gasteiger partial charge in [-0.15, -0.1) is 0 Å². The highest BCUT2D eigenvalue weighted by molar-refractivity contribution is 5.88. The van der Waals surface area contributed by atoms with Crippen molar-refractivity contribution in [1.29, 1.82) is 0 Å². The Kier molecular flexibility index (Phi) is 2.98. The number of hydrogen-bond donors (Lipinski definition) is 2. The number of nitrogens with zero attached hydrogens (tertiary/aromatic N) is 1. The minimum absolute atomic E-state index is 0.200. The van der Waals surface area contributed by atoms with E-state index < -0.39 is 0 Å². The van der Waals surface area contributed by atoms with Crippen LogP contribution in [0.1, 0.15) is 33.1 Å². The summed E-state index contributed by atoms with van der Waals surface area (Å²) >= 11 is 0. The second-order valence-corrected chi connectivity index (χ2v) is 4.73. The van der Waals surface area contributed by atoms with Crippen LogP contribution in [0.4, 0.5) is 0 Å². The Bertz CT molecular complexity index is 246. The van der Waals surface area contributed by atoms with E-state index in [2.05, 4.69) is 29.4 Å². The fourth-order valence-corrected chi connectivity index (χ4v) is 2.55. The van der Waals surface area contributed by atoms with Crippen LogP contribution in [0.3, 0.4) is 0 Å². The van der Waals surface area contributed by atoms with Crippen molar-refractivity contribution in [2.24, 2.45) is 0 Å². The number of amides is 1. The van der Waals surface area contributed by atoms with Gasteiger partial charge in [0.05, 0.1) is 6.67 Å². The molecular weight excluding hydrogens is 190 g/mol. The maximum atomic E-state index is 11.7. The average molecular weight is 211 g/mol. The lowest BCUT2D eigenvalue weighted by atomic mass is 9.87. The van der Waals surface area contributed by atoms with Gasteiger partial charge in [0, 0.05) is 19.1 Å². The van der Waals surface area contributed by atoms with Crippen molar-refractivity contribution in [3.8, 4) is 0 Å². The first-order valence-corrected chi connectivity index (χ1v) is 5.95. The third-order valence-electron chi connectivity index (χ3n) is 3.98. The molecule has 0 aromatic rings. The minimum atomic E-state index is -0.246. The van der Waals surface area contributed by atoms with E-state index in [1.54, 1.807) is 0 Å². The molecule has 0 radical (unpaired) electrons. The van der Waals surface area contributed by atoms with Crippen LogP contribution in [0.15, 0.2) is 0 Å². The van der Waals surface area contributed by atoms with E-state index in [4.69, 9.17) is 0 Å². The van der Waals surface area contributed by atoms with Crippen molar-refractivity contribution in [3.63, 3.8) is 0 Å². The zero-order chi connectivity index (χ0) is 10.9. The molecule has 0 bridgehead atoms. The van der Waals surface area contributed by atoms with Gasteiger partial charge in [0.25, 0.3) is 0 Å². The van der Waals surface area contributed by atoms with Gasteiger partial charge >= 0.3 is 0 Å². The molecule has 2 fully saturated rings. The molecule has 86 valence electrons. The van der Waals surface area contributed by atoms with Crippen molar-refractivity contribution in [2.45, 2.75) is 44.7 Å². The van der Waals surface area contributed by atoms with Crippen LogP contribution < -0.4 is 10.6 Å². The lowest BCUT2D eigenvalue weighted by molar-refractivity contribution is -0.125. The Morgan fingerprint density at radius 1 is 1.47 bits per heavy atom. The third-order valence-corrected chi connectivity index (χ3v) is 3.98. The summed E-state index contributed by atoms with van der Waals surface area (Å²) in [4.78, 5) is 14.2. The predicted molar refractivity (Wildman–Crippen MR) is 59.4 cm³/mol. The molecule has 1 atom stereocenters. The fourth-order valence-electron chi connectivity index (χ4n) is 2.55. The predicted octanol–water partition coefficient (Wildman–Crippen LogP) is 0.296. The lowest BCUT2D eigenvalue weighted by Gasteiger charge is -2.40. The summed E-state index contributed by atoms with van der Waals surface area (Å²) in [6, 6.07) is 0.645. The minimum Gasteiger partial charge on any atom is -0.342 e. The summed E-state index contributed by atoms with van der Waals surface area (Å²) in [5.41, 5.74) is -0.246. The van der Waals surface area contributed by atoms with Crippen molar-refractivity contribution >= 4 is 5.91 Å². The van der Waals surface area contributed by atoms with Crippen LogP contribution in [-0.2, 0) is 4.79 Å². The maximum absolute atomic E-state index is 11.7. The highest BCUT2D eigenvalue weighted by atomic mass is 16.2. The molecule has 2 heterocycles. The van der Waals surface area contributed by atoms with Gasteiger partial charge in [-0.05, 0) is 26.2 Å². The summed E-state index contributed by atoms with van der Waals surface area (Å²) in [6.45, 7) is 7.20. The van der Waals surface area contributed by atoms with Crippen LogP contribution >= 0.6 is 0 Å². The van der Waals surface area contributed by atoms with Gasteiger partial charge < -0.3 is 10.2 Å². The molecule has 4 heteroatoms. The first-order valence-electron chi connectivity index (χ1n) is 5.95. The molecule has 2 rings (SSSR count). The number of nitrogens with one attached hydrogen (secondary N) is 2. The largest absolute Gasteiger partial charge is 0.342 e. The maximum Gasteiger partial charge on any atom is 0.241 e. The monoisotopic (exact) mass is 211 g/mol. The van der Waals surface area contributed by atoms with Crippen LogP contribution in [0.25, 0.3) is 0 Å². The van der Waals surface area contributed by atoms with E-state index in [9.17, 15) is 4.79 Å². The molecule has 0 aromatic carbocycles. The lowest BCUT2D eigenvalue weighted by Crippen LogP contribution is -2.55.